The zero-order chi connectivity index (χ0) is 29.1. The summed E-state index contributed by atoms with van der Waals surface area (Å²) in [5.41, 5.74) is -2.22. The highest BCUT2D eigenvalue weighted by Gasteiger charge is 2.60. The van der Waals surface area contributed by atoms with Crippen molar-refractivity contribution in [2.75, 3.05) is 31.8 Å². The van der Waals surface area contributed by atoms with Gasteiger partial charge in [0.25, 0.3) is 5.69 Å². The molecule has 3 heterocycles. The van der Waals surface area contributed by atoms with Crippen LogP contribution in [0, 0.1) is 10.1 Å². The second-order valence-electron chi connectivity index (χ2n) is 8.50. The predicted octanol–water partition coefficient (Wildman–Crippen LogP) is 1.36. The molecule has 17 heteroatoms. The van der Waals surface area contributed by atoms with E-state index in [4.69, 9.17) is 18.9 Å². The molecule has 0 aliphatic carbocycles. The Balaban J connectivity index is 2.27. The molecule has 1 saturated heterocycles. The van der Waals surface area contributed by atoms with Crippen LogP contribution in [0.5, 0.6) is 0 Å². The molecule has 0 amide bonds. The fourth-order valence-electron chi connectivity index (χ4n) is 4.21. The molecule has 16 nitrogen and oxygen atoms in total. The number of rotatable bonds is 10. The summed E-state index contributed by atoms with van der Waals surface area (Å²) in [6.45, 7) is 4.14. The molecule has 1 unspecified atom stereocenters. The summed E-state index contributed by atoms with van der Waals surface area (Å²) < 4.78 is 28.1. The lowest BCUT2D eigenvalue weighted by Crippen LogP contribution is -2.50. The molecular formula is C22H27N5O11S. The molecule has 0 spiro atoms. The van der Waals surface area contributed by atoms with Gasteiger partial charge in [-0.3, -0.25) is 33.9 Å². The molecular weight excluding hydrogens is 542 g/mol. The third-order valence-electron chi connectivity index (χ3n) is 5.70. The van der Waals surface area contributed by atoms with Crippen molar-refractivity contribution in [1.82, 2.24) is 14.5 Å². The normalized spacial score (nSPS) is 22.3. The molecule has 1 aliphatic heterocycles. The van der Waals surface area contributed by atoms with E-state index in [-0.39, 0.29) is 35.2 Å². The number of carbonyl (C=O) groups excluding carboxylic acids is 4. The van der Waals surface area contributed by atoms with Crippen LogP contribution in [-0.2, 0) is 42.9 Å². The van der Waals surface area contributed by atoms with Gasteiger partial charge < -0.3 is 29.0 Å². The first-order chi connectivity index (χ1) is 18.3. The summed E-state index contributed by atoms with van der Waals surface area (Å²) in [6.07, 6.45) is -0.965. The van der Waals surface area contributed by atoms with Crippen LogP contribution in [0.15, 0.2) is 11.4 Å². The fraction of sp³-hybridized carbons (Fsp3) is 0.545. The van der Waals surface area contributed by atoms with Crippen molar-refractivity contribution in [3.63, 3.8) is 0 Å². The number of nitrogens with zero attached hydrogens (tertiary/aromatic N) is 4. The van der Waals surface area contributed by atoms with E-state index in [1.807, 2.05) is 0 Å². The van der Waals surface area contributed by atoms with Gasteiger partial charge in [0.15, 0.2) is 28.7 Å². The number of methoxy groups -OCH3 is 1. The van der Waals surface area contributed by atoms with Crippen LogP contribution >= 0.6 is 11.8 Å². The number of carbonyl (C=O) groups is 4. The maximum atomic E-state index is 12.2. The van der Waals surface area contributed by atoms with Gasteiger partial charge in [-0.15, -0.1) is 0 Å². The molecule has 0 bridgehead atoms. The quantitative estimate of drug-likeness (QED) is 0.107. The average molecular weight is 570 g/mol. The third-order valence-corrected chi connectivity index (χ3v) is 6.24. The third kappa shape index (κ3) is 6.19. The smallest absolute Gasteiger partial charge is 0.325 e. The number of nitro groups is 1. The van der Waals surface area contributed by atoms with E-state index in [9.17, 15) is 29.3 Å². The van der Waals surface area contributed by atoms with Crippen molar-refractivity contribution >= 4 is 58.2 Å². The molecule has 3 rings (SSSR count). The van der Waals surface area contributed by atoms with E-state index in [0.717, 1.165) is 31.8 Å². The zero-order valence-corrected chi connectivity index (χ0v) is 22.7. The average Bonchev–Trinajstić information content (AvgIpc) is 3.35. The Morgan fingerprint density at radius 1 is 1.21 bits per heavy atom. The van der Waals surface area contributed by atoms with Gasteiger partial charge in [-0.2, -0.15) is 0 Å². The topological polar surface area (TPSA) is 200 Å². The minimum atomic E-state index is -1.76. The predicted molar refractivity (Wildman–Crippen MR) is 133 cm³/mol. The first-order valence-electron chi connectivity index (χ1n) is 11.4. The second-order valence-corrected chi connectivity index (χ2v) is 9.28. The van der Waals surface area contributed by atoms with Crippen molar-refractivity contribution in [2.24, 2.45) is 0 Å². The van der Waals surface area contributed by atoms with Crippen molar-refractivity contribution in [1.29, 1.82) is 0 Å². The van der Waals surface area contributed by atoms with Gasteiger partial charge in [0, 0.05) is 20.8 Å². The molecule has 4 atom stereocenters. The van der Waals surface area contributed by atoms with Crippen LogP contribution in [0.25, 0.3) is 11.0 Å². The highest BCUT2D eigenvalue weighted by molar-refractivity contribution is 7.98. The summed E-state index contributed by atoms with van der Waals surface area (Å²) in [6, 6.07) is 0. The number of ether oxygens (including phenoxy) is 5. The minimum Gasteiger partial charge on any atom is -0.468 e. The number of hydrogen-bond donors (Lipinski definition) is 1. The van der Waals surface area contributed by atoms with Gasteiger partial charge >= 0.3 is 23.9 Å². The van der Waals surface area contributed by atoms with E-state index in [1.54, 1.807) is 6.26 Å². The molecule has 0 aromatic carbocycles. The van der Waals surface area contributed by atoms with Crippen LogP contribution < -0.4 is 5.32 Å². The molecule has 1 fully saturated rings. The van der Waals surface area contributed by atoms with Crippen molar-refractivity contribution in [2.45, 2.75) is 56.9 Å². The van der Waals surface area contributed by atoms with E-state index < -0.39 is 58.5 Å². The fourth-order valence-corrected chi connectivity index (χ4v) is 4.57. The number of thioether (sulfide) groups is 1. The summed E-state index contributed by atoms with van der Waals surface area (Å²) in [7, 11) is 1.19. The molecule has 2 aromatic heterocycles. The van der Waals surface area contributed by atoms with Gasteiger partial charge in [-0.1, -0.05) is 11.8 Å². The Labute approximate surface area is 225 Å². The molecule has 39 heavy (non-hydrogen) atoms. The summed E-state index contributed by atoms with van der Waals surface area (Å²) >= 11 is 1.12. The van der Waals surface area contributed by atoms with Gasteiger partial charge in [-0.25, -0.2) is 9.97 Å². The summed E-state index contributed by atoms with van der Waals surface area (Å²) in [4.78, 5) is 67.5. The second kappa shape index (κ2) is 11.8. The maximum absolute atomic E-state index is 12.2. The van der Waals surface area contributed by atoms with Crippen LogP contribution in [0.4, 0.5) is 11.5 Å². The summed E-state index contributed by atoms with van der Waals surface area (Å²) in [5, 5.41) is 14.9. The number of hydrogen-bond acceptors (Lipinski definition) is 15. The lowest BCUT2D eigenvalue weighted by atomic mass is 9.95. The molecule has 0 radical (unpaired) electrons. The lowest BCUT2D eigenvalue weighted by Gasteiger charge is -2.34. The van der Waals surface area contributed by atoms with Gasteiger partial charge in [-0.05, 0) is 13.2 Å². The summed E-state index contributed by atoms with van der Waals surface area (Å²) in [5.74, 6) is -2.81. The molecule has 0 saturated carbocycles. The number of anilines is 1. The SMILES string of the molecule is COC(=O)CNc1nc(SC)nc2c1c([N+](=O)[O-])cn2C1O[C@H](COC(C)=O)[C@@H](OC(C)=O)[C@]1(C)OC(C)=O. The van der Waals surface area contributed by atoms with E-state index in [2.05, 4.69) is 20.0 Å². The van der Waals surface area contributed by atoms with Crippen LogP contribution in [0.1, 0.15) is 33.9 Å². The molecule has 212 valence electrons. The van der Waals surface area contributed by atoms with E-state index in [1.165, 1.54) is 25.5 Å². The lowest BCUT2D eigenvalue weighted by molar-refractivity contribution is -0.383. The Morgan fingerprint density at radius 2 is 1.90 bits per heavy atom. The largest absolute Gasteiger partial charge is 0.468 e. The highest BCUT2D eigenvalue weighted by atomic mass is 32.2. The molecule has 1 aliphatic rings. The van der Waals surface area contributed by atoms with Crippen molar-refractivity contribution in [3.8, 4) is 0 Å². The van der Waals surface area contributed by atoms with Gasteiger partial charge in [0.1, 0.15) is 30.5 Å². The monoisotopic (exact) mass is 569 g/mol. The number of nitrogens with one attached hydrogen (secondary N) is 1. The van der Waals surface area contributed by atoms with Crippen LogP contribution in [-0.4, -0.2) is 87.7 Å². The highest BCUT2D eigenvalue weighted by Crippen LogP contribution is 2.46. The van der Waals surface area contributed by atoms with Crippen LogP contribution in [0.2, 0.25) is 0 Å². The number of aromatic nitrogens is 3. The Kier molecular flexibility index (Phi) is 8.96. The van der Waals surface area contributed by atoms with Gasteiger partial charge in [0.05, 0.1) is 18.2 Å². The van der Waals surface area contributed by atoms with Crippen molar-refractivity contribution < 1.29 is 47.8 Å². The zero-order valence-electron chi connectivity index (χ0n) is 21.9. The van der Waals surface area contributed by atoms with Crippen molar-refractivity contribution in [3.05, 3.63) is 16.3 Å². The first-order valence-corrected chi connectivity index (χ1v) is 12.6. The molecule has 1 N–H and O–H groups in total. The van der Waals surface area contributed by atoms with Crippen LogP contribution in [0.3, 0.4) is 0 Å². The minimum absolute atomic E-state index is 0.00787. The Hall–Kier alpha value is -3.99. The number of fused-ring (bicyclic) bond motifs is 1. The van der Waals surface area contributed by atoms with Gasteiger partial charge in [0.2, 0.25) is 0 Å². The Bertz CT molecular complexity index is 1320. The Morgan fingerprint density at radius 3 is 2.44 bits per heavy atom. The standard InChI is InChI=1S/C22H27N5O11S/c1-10(28)35-9-14-17(36-11(2)29)22(4,38-12(3)30)20(37-14)26-8-13(27(32)33)16-18(23-7-15(31)34-5)24-21(39-6)25-19(16)26/h8,14,17,20H,7,9H2,1-6H3,(H,23,24,25)/t14-,17-,20?,22+/m1/s1. The maximum Gasteiger partial charge on any atom is 0.325 e. The van der Waals surface area contributed by atoms with E-state index >= 15 is 0 Å². The molecule has 2 aromatic rings. The van der Waals surface area contributed by atoms with E-state index in [0.29, 0.717) is 0 Å². The number of esters is 4. The first kappa shape index (κ1) is 29.6.